The number of halogens is 1. The number of nitrogens with one attached hydrogen (secondary N) is 1. The van der Waals surface area contributed by atoms with Gasteiger partial charge in [0.05, 0.1) is 0 Å². The standard InChI is InChI=1S/C22H27ClN2O2/c1-15-11-18(23)9-10-20(15)17-7-5-16(6-8-17)12-24-19-13-25(14-19)21(26)27-22(2,3)4/h5-11,19,24H,12-14H2,1-4H3. The van der Waals surface area contributed by atoms with Crippen LogP contribution in [-0.2, 0) is 11.3 Å². The fraction of sp³-hybridized carbons (Fsp3) is 0.409. The maximum atomic E-state index is 11.9. The van der Waals surface area contributed by atoms with Crippen LogP contribution in [0.25, 0.3) is 11.1 Å². The molecule has 0 radical (unpaired) electrons. The summed E-state index contributed by atoms with van der Waals surface area (Å²) in [7, 11) is 0. The molecule has 0 bridgehead atoms. The molecule has 1 aliphatic heterocycles. The highest BCUT2D eigenvalue weighted by molar-refractivity contribution is 6.30. The Kier molecular flexibility index (Phi) is 5.78. The van der Waals surface area contributed by atoms with Crippen molar-refractivity contribution in [2.75, 3.05) is 13.1 Å². The summed E-state index contributed by atoms with van der Waals surface area (Å²) in [5.74, 6) is 0. The summed E-state index contributed by atoms with van der Waals surface area (Å²) in [6, 6.07) is 14.8. The quantitative estimate of drug-likeness (QED) is 0.801. The van der Waals surface area contributed by atoms with E-state index in [0.717, 1.165) is 11.6 Å². The SMILES string of the molecule is Cc1cc(Cl)ccc1-c1ccc(CNC2CN(C(=O)OC(C)(C)C)C2)cc1. The molecule has 0 aliphatic carbocycles. The van der Waals surface area contributed by atoms with Gasteiger partial charge in [-0.15, -0.1) is 0 Å². The normalized spacial score (nSPS) is 14.8. The molecule has 1 amide bonds. The molecule has 0 atom stereocenters. The number of rotatable bonds is 4. The van der Waals surface area contributed by atoms with Crippen molar-refractivity contribution >= 4 is 17.7 Å². The van der Waals surface area contributed by atoms with E-state index in [4.69, 9.17) is 16.3 Å². The first-order chi connectivity index (χ1) is 12.7. The third-order valence-electron chi connectivity index (χ3n) is 4.58. The van der Waals surface area contributed by atoms with Crippen molar-refractivity contribution in [1.29, 1.82) is 0 Å². The minimum atomic E-state index is -0.445. The maximum Gasteiger partial charge on any atom is 0.410 e. The van der Waals surface area contributed by atoms with E-state index in [1.165, 1.54) is 22.3 Å². The number of carbonyl (C=O) groups is 1. The van der Waals surface area contributed by atoms with Gasteiger partial charge in [-0.3, -0.25) is 0 Å². The van der Waals surface area contributed by atoms with E-state index in [1.54, 1.807) is 4.90 Å². The van der Waals surface area contributed by atoms with Crippen molar-refractivity contribution in [3.8, 4) is 11.1 Å². The monoisotopic (exact) mass is 386 g/mol. The second-order valence-electron chi connectivity index (χ2n) is 8.12. The molecule has 0 spiro atoms. The molecule has 4 nitrogen and oxygen atoms in total. The minimum absolute atomic E-state index is 0.233. The smallest absolute Gasteiger partial charge is 0.410 e. The van der Waals surface area contributed by atoms with E-state index in [9.17, 15) is 4.79 Å². The first-order valence-electron chi connectivity index (χ1n) is 9.28. The average molecular weight is 387 g/mol. The van der Waals surface area contributed by atoms with Gasteiger partial charge in [0.1, 0.15) is 5.60 Å². The van der Waals surface area contributed by atoms with E-state index >= 15 is 0 Å². The van der Waals surface area contributed by atoms with Gasteiger partial charge in [-0.25, -0.2) is 4.79 Å². The Bertz CT molecular complexity index is 806. The number of hydrogen-bond donors (Lipinski definition) is 1. The van der Waals surface area contributed by atoms with Gasteiger partial charge >= 0.3 is 6.09 Å². The summed E-state index contributed by atoms with van der Waals surface area (Å²) < 4.78 is 5.38. The Morgan fingerprint density at radius 3 is 2.44 bits per heavy atom. The van der Waals surface area contributed by atoms with Gasteiger partial charge in [0, 0.05) is 30.7 Å². The topological polar surface area (TPSA) is 41.6 Å². The molecule has 27 heavy (non-hydrogen) atoms. The molecule has 2 aromatic rings. The van der Waals surface area contributed by atoms with Crippen LogP contribution in [0.5, 0.6) is 0 Å². The first-order valence-corrected chi connectivity index (χ1v) is 9.66. The lowest BCUT2D eigenvalue weighted by Crippen LogP contribution is -2.60. The predicted octanol–water partition coefficient (Wildman–Crippen LogP) is 5.02. The van der Waals surface area contributed by atoms with Crippen LogP contribution >= 0.6 is 11.6 Å². The highest BCUT2D eigenvalue weighted by Gasteiger charge is 2.33. The molecule has 0 saturated carbocycles. The molecule has 0 unspecified atom stereocenters. The van der Waals surface area contributed by atoms with E-state index in [1.807, 2.05) is 32.9 Å². The fourth-order valence-electron chi connectivity index (χ4n) is 3.10. The number of nitrogens with zero attached hydrogens (tertiary/aromatic N) is 1. The lowest BCUT2D eigenvalue weighted by Gasteiger charge is -2.40. The molecule has 5 heteroatoms. The van der Waals surface area contributed by atoms with E-state index < -0.39 is 5.60 Å². The molecule has 1 saturated heterocycles. The van der Waals surface area contributed by atoms with E-state index in [-0.39, 0.29) is 6.09 Å². The number of benzene rings is 2. The summed E-state index contributed by atoms with van der Waals surface area (Å²) in [4.78, 5) is 13.7. The zero-order valence-electron chi connectivity index (χ0n) is 16.4. The zero-order valence-corrected chi connectivity index (χ0v) is 17.1. The van der Waals surface area contributed by atoms with E-state index in [0.29, 0.717) is 19.1 Å². The average Bonchev–Trinajstić information content (AvgIpc) is 2.52. The highest BCUT2D eigenvalue weighted by Crippen LogP contribution is 2.26. The van der Waals surface area contributed by atoms with Gasteiger partial charge in [-0.2, -0.15) is 0 Å². The van der Waals surface area contributed by atoms with Crippen molar-refractivity contribution in [2.45, 2.75) is 45.9 Å². The summed E-state index contributed by atoms with van der Waals surface area (Å²) in [6.07, 6.45) is -0.233. The number of carbonyl (C=O) groups excluding carboxylic acids is 1. The highest BCUT2D eigenvalue weighted by atomic mass is 35.5. The Hall–Kier alpha value is -2.04. The zero-order chi connectivity index (χ0) is 19.6. The van der Waals surface area contributed by atoms with Crippen molar-refractivity contribution in [3.63, 3.8) is 0 Å². The number of hydrogen-bond acceptors (Lipinski definition) is 3. The number of aryl methyl sites for hydroxylation is 1. The second-order valence-corrected chi connectivity index (χ2v) is 8.56. The maximum absolute atomic E-state index is 11.9. The lowest BCUT2D eigenvalue weighted by atomic mass is 9.99. The van der Waals surface area contributed by atoms with Crippen LogP contribution in [0.4, 0.5) is 4.79 Å². The molecule has 3 rings (SSSR count). The van der Waals surface area contributed by atoms with Crippen LogP contribution in [0.3, 0.4) is 0 Å². The van der Waals surface area contributed by atoms with Gasteiger partial charge < -0.3 is 15.0 Å². The van der Waals surface area contributed by atoms with Crippen LogP contribution in [0, 0.1) is 6.92 Å². The summed E-state index contributed by atoms with van der Waals surface area (Å²) in [5, 5.41) is 4.26. The first kappa shape index (κ1) is 19.7. The second kappa shape index (κ2) is 7.91. The number of likely N-dealkylation sites (tertiary alicyclic amines) is 1. The van der Waals surface area contributed by atoms with Gasteiger partial charge in [-0.1, -0.05) is 41.9 Å². The van der Waals surface area contributed by atoms with Crippen LogP contribution in [0.15, 0.2) is 42.5 Å². The Balaban J connectivity index is 1.48. The Labute approximate surface area is 166 Å². The lowest BCUT2D eigenvalue weighted by molar-refractivity contribution is 0.00519. The van der Waals surface area contributed by atoms with Crippen molar-refractivity contribution in [2.24, 2.45) is 0 Å². The van der Waals surface area contributed by atoms with Gasteiger partial charge in [0.15, 0.2) is 0 Å². The molecule has 1 N–H and O–H groups in total. The van der Waals surface area contributed by atoms with E-state index in [2.05, 4.69) is 42.6 Å². The largest absolute Gasteiger partial charge is 0.444 e. The van der Waals surface area contributed by atoms with Crippen LogP contribution in [0.1, 0.15) is 31.9 Å². The minimum Gasteiger partial charge on any atom is -0.444 e. The molecule has 0 aromatic heterocycles. The van der Waals surface area contributed by atoms with Crippen LogP contribution in [0.2, 0.25) is 5.02 Å². The van der Waals surface area contributed by atoms with Crippen molar-refractivity contribution in [1.82, 2.24) is 10.2 Å². The summed E-state index contributed by atoms with van der Waals surface area (Å²) in [5.41, 5.74) is 4.34. The number of ether oxygens (including phenoxy) is 1. The van der Waals surface area contributed by atoms with Gasteiger partial charge in [-0.05, 0) is 62.1 Å². The molecular formula is C22H27ClN2O2. The van der Waals surface area contributed by atoms with Gasteiger partial charge in [0.2, 0.25) is 0 Å². The molecule has 1 heterocycles. The van der Waals surface area contributed by atoms with Crippen molar-refractivity contribution < 1.29 is 9.53 Å². The van der Waals surface area contributed by atoms with Crippen LogP contribution in [-0.4, -0.2) is 35.7 Å². The predicted molar refractivity (Wildman–Crippen MR) is 110 cm³/mol. The molecule has 144 valence electrons. The number of amides is 1. The van der Waals surface area contributed by atoms with Gasteiger partial charge in [0.25, 0.3) is 0 Å². The fourth-order valence-corrected chi connectivity index (χ4v) is 3.33. The molecule has 1 aliphatic rings. The molecular weight excluding hydrogens is 360 g/mol. The summed E-state index contributed by atoms with van der Waals surface area (Å²) in [6.45, 7) is 9.89. The van der Waals surface area contributed by atoms with Crippen molar-refractivity contribution in [3.05, 3.63) is 58.6 Å². The Morgan fingerprint density at radius 1 is 1.19 bits per heavy atom. The molecule has 1 fully saturated rings. The third kappa shape index (κ3) is 5.24. The summed E-state index contributed by atoms with van der Waals surface area (Å²) >= 11 is 6.04. The molecule has 2 aromatic carbocycles. The third-order valence-corrected chi connectivity index (χ3v) is 4.82. The Morgan fingerprint density at radius 2 is 1.85 bits per heavy atom. The van der Waals surface area contributed by atoms with Crippen LogP contribution < -0.4 is 5.32 Å².